The Hall–Kier alpha value is -2.10. The second kappa shape index (κ2) is 7.87. The molecule has 10 heteroatoms. The number of rotatable bonds is 5. The van der Waals surface area contributed by atoms with Crippen LogP contribution >= 0.6 is 11.6 Å². The SMILES string of the molecule is CS(=O)(=O)Nc1cc(Cl)cc(NC(=O)c2cnn([C@H]3CCC[C@H](O)C3)c2)c1. The van der Waals surface area contributed by atoms with Gasteiger partial charge in [-0.25, -0.2) is 8.42 Å². The van der Waals surface area contributed by atoms with E-state index in [0.29, 0.717) is 17.7 Å². The number of aliphatic hydroxyl groups excluding tert-OH is 1. The molecule has 0 bridgehead atoms. The fourth-order valence-electron chi connectivity index (χ4n) is 3.17. The standard InChI is InChI=1S/C17H21ClN4O4S/c1-27(25,26)21-14-6-12(18)5-13(7-14)20-17(24)11-9-19-22(10-11)15-3-2-4-16(23)8-15/h5-7,9-10,15-16,21,23H,2-4,8H2,1H3,(H,20,24)/t15-,16-/m0/s1. The van der Waals surface area contributed by atoms with Crippen molar-refractivity contribution in [3.8, 4) is 0 Å². The average Bonchev–Trinajstić information content (AvgIpc) is 3.02. The first kappa shape index (κ1) is 19.7. The number of aliphatic hydroxyl groups is 1. The van der Waals surface area contributed by atoms with Gasteiger partial charge in [-0.05, 0) is 43.9 Å². The predicted octanol–water partition coefficient (Wildman–Crippen LogP) is 2.64. The predicted molar refractivity (Wildman–Crippen MR) is 104 cm³/mol. The van der Waals surface area contributed by atoms with E-state index in [1.807, 2.05) is 0 Å². The van der Waals surface area contributed by atoms with Crippen LogP contribution in [0, 0.1) is 0 Å². The first-order valence-corrected chi connectivity index (χ1v) is 10.8. The highest BCUT2D eigenvalue weighted by molar-refractivity contribution is 7.92. The molecule has 1 fully saturated rings. The molecule has 1 aliphatic carbocycles. The van der Waals surface area contributed by atoms with E-state index in [1.165, 1.54) is 24.4 Å². The maximum absolute atomic E-state index is 12.5. The van der Waals surface area contributed by atoms with Crippen molar-refractivity contribution in [1.82, 2.24) is 9.78 Å². The van der Waals surface area contributed by atoms with E-state index in [9.17, 15) is 18.3 Å². The van der Waals surface area contributed by atoms with Crippen molar-refractivity contribution in [3.05, 3.63) is 41.2 Å². The summed E-state index contributed by atoms with van der Waals surface area (Å²) < 4.78 is 26.8. The molecule has 1 aromatic carbocycles. The molecule has 1 amide bonds. The van der Waals surface area contributed by atoms with Crippen molar-refractivity contribution in [2.24, 2.45) is 0 Å². The lowest BCUT2D eigenvalue weighted by Gasteiger charge is -2.25. The van der Waals surface area contributed by atoms with Crippen LogP contribution in [0.5, 0.6) is 0 Å². The third-order valence-corrected chi connectivity index (χ3v) is 5.14. The van der Waals surface area contributed by atoms with Gasteiger partial charge in [0.05, 0.1) is 35.8 Å². The monoisotopic (exact) mass is 412 g/mol. The van der Waals surface area contributed by atoms with Crippen molar-refractivity contribution >= 4 is 38.9 Å². The topological polar surface area (TPSA) is 113 Å². The normalized spacial score (nSPS) is 20.3. The summed E-state index contributed by atoms with van der Waals surface area (Å²) in [5.41, 5.74) is 0.985. The largest absolute Gasteiger partial charge is 0.393 e. The van der Waals surface area contributed by atoms with Crippen LogP contribution in [0.25, 0.3) is 0 Å². The lowest BCUT2D eigenvalue weighted by atomic mass is 9.93. The second-order valence-electron chi connectivity index (χ2n) is 6.74. The molecule has 2 atom stereocenters. The van der Waals surface area contributed by atoms with E-state index in [4.69, 9.17) is 11.6 Å². The van der Waals surface area contributed by atoms with Gasteiger partial charge in [-0.15, -0.1) is 0 Å². The Labute approximate surface area is 162 Å². The van der Waals surface area contributed by atoms with Gasteiger partial charge in [0.15, 0.2) is 0 Å². The molecule has 0 unspecified atom stereocenters. The number of anilines is 2. The summed E-state index contributed by atoms with van der Waals surface area (Å²) in [4.78, 5) is 12.5. The number of aromatic nitrogens is 2. The zero-order valence-electron chi connectivity index (χ0n) is 14.7. The van der Waals surface area contributed by atoms with E-state index >= 15 is 0 Å². The summed E-state index contributed by atoms with van der Waals surface area (Å²) in [6.45, 7) is 0. The van der Waals surface area contributed by atoms with Gasteiger partial charge < -0.3 is 10.4 Å². The van der Waals surface area contributed by atoms with Crippen molar-refractivity contribution in [2.75, 3.05) is 16.3 Å². The van der Waals surface area contributed by atoms with Crippen LogP contribution in [0.3, 0.4) is 0 Å². The quantitative estimate of drug-likeness (QED) is 0.698. The Morgan fingerprint density at radius 3 is 2.74 bits per heavy atom. The lowest BCUT2D eigenvalue weighted by molar-refractivity contribution is 0.0999. The lowest BCUT2D eigenvalue weighted by Crippen LogP contribution is -2.22. The Bertz CT molecular complexity index is 944. The molecule has 0 aliphatic heterocycles. The molecule has 27 heavy (non-hydrogen) atoms. The summed E-state index contributed by atoms with van der Waals surface area (Å²) >= 11 is 6.00. The average molecular weight is 413 g/mol. The molecule has 1 aliphatic rings. The van der Waals surface area contributed by atoms with Crippen LogP contribution in [0.1, 0.15) is 42.1 Å². The maximum atomic E-state index is 12.5. The van der Waals surface area contributed by atoms with Crippen molar-refractivity contribution in [3.63, 3.8) is 0 Å². The number of nitrogens with one attached hydrogen (secondary N) is 2. The van der Waals surface area contributed by atoms with Crippen molar-refractivity contribution in [1.29, 1.82) is 0 Å². The maximum Gasteiger partial charge on any atom is 0.258 e. The zero-order valence-corrected chi connectivity index (χ0v) is 16.3. The summed E-state index contributed by atoms with van der Waals surface area (Å²) in [6, 6.07) is 4.53. The van der Waals surface area contributed by atoms with Crippen molar-refractivity contribution < 1.29 is 18.3 Å². The molecule has 0 radical (unpaired) electrons. The molecule has 3 N–H and O–H groups in total. The number of halogens is 1. The van der Waals surface area contributed by atoms with Gasteiger partial charge in [-0.1, -0.05) is 11.6 Å². The zero-order chi connectivity index (χ0) is 19.6. The smallest absolute Gasteiger partial charge is 0.258 e. The number of amides is 1. The second-order valence-corrected chi connectivity index (χ2v) is 8.93. The number of hydrogen-bond acceptors (Lipinski definition) is 5. The number of sulfonamides is 1. The third-order valence-electron chi connectivity index (χ3n) is 4.32. The number of hydrogen-bond donors (Lipinski definition) is 3. The molecule has 1 saturated carbocycles. The van der Waals surface area contributed by atoms with Gasteiger partial charge in [0.25, 0.3) is 5.91 Å². The minimum Gasteiger partial charge on any atom is -0.393 e. The van der Waals surface area contributed by atoms with E-state index in [2.05, 4.69) is 15.1 Å². The van der Waals surface area contributed by atoms with E-state index < -0.39 is 10.0 Å². The molecule has 0 saturated heterocycles. The van der Waals surface area contributed by atoms with Crippen LogP contribution in [-0.4, -0.2) is 41.6 Å². The minimum absolute atomic E-state index is 0.0760. The van der Waals surface area contributed by atoms with Gasteiger partial charge in [-0.2, -0.15) is 5.10 Å². The molecular weight excluding hydrogens is 392 g/mol. The number of benzene rings is 1. The van der Waals surface area contributed by atoms with Crippen LogP contribution in [0.2, 0.25) is 5.02 Å². The number of carbonyl (C=O) groups excluding carboxylic acids is 1. The van der Waals surface area contributed by atoms with Crippen LogP contribution in [0.4, 0.5) is 11.4 Å². The first-order valence-electron chi connectivity index (χ1n) is 8.51. The number of nitrogens with zero attached hydrogens (tertiary/aromatic N) is 2. The van der Waals surface area contributed by atoms with E-state index in [0.717, 1.165) is 25.5 Å². The Morgan fingerprint density at radius 2 is 2.04 bits per heavy atom. The summed E-state index contributed by atoms with van der Waals surface area (Å²) in [5, 5.41) is 17.0. The van der Waals surface area contributed by atoms with Crippen LogP contribution < -0.4 is 10.0 Å². The van der Waals surface area contributed by atoms with Crippen LogP contribution in [0.15, 0.2) is 30.6 Å². The molecule has 0 spiro atoms. The molecule has 1 heterocycles. The minimum atomic E-state index is -3.46. The summed E-state index contributed by atoms with van der Waals surface area (Å²) in [6.07, 6.45) is 7.07. The highest BCUT2D eigenvalue weighted by atomic mass is 35.5. The first-order chi connectivity index (χ1) is 12.7. The molecule has 3 rings (SSSR count). The Morgan fingerprint density at radius 1 is 1.30 bits per heavy atom. The highest BCUT2D eigenvalue weighted by Gasteiger charge is 2.23. The highest BCUT2D eigenvalue weighted by Crippen LogP contribution is 2.28. The molecule has 146 valence electrons. The summed E-state index contributed by atoms with van der Waals surface area (Å²) in [7, 11) is -3.46. The van der Waals surface area contributed by atoms with Gasteiger partial charge in [0.2, 0.25) is 10.0 Å². The van der Waals surface area contributed by atoms with E-state index in [1.54, 1.807) is 10.9 Å². The third kappa shape index (κ3) is 5.44. The fourth-order valence-corrected chi connectivity index (χ4v) is 3.95. The molecule has 8 nitrogen and oxygen atoms in total. The van der Waals surface area contributed by atoms with Crippen LogP contribution in [-0.2, 0) is 10.0 Å². The summed E-state index contributed by atoms with van der Waals surface area (Å²) in [5.74, 6) is -0.384. The Kier molecular flexibility index (Phi) is 5.73. The van der Waals surface area contributed by atoms with Gasteiger partial charge in [-0.3, -0.25) is 14.2 Å². The molecule has 1 aromatic heterocycles. The van der Waals surface area contributed by atoms with Crippen molar-refractivity contribution in [2.45, 2.75) is 37.8 Å². The fraction of sp³-hybridized carbons (Fsp3) is 0.412. The Balaban J connectivity index is 1.72. The van der Waals surface area contributed by atoms with E-state index in [-0.39, 0.29) is 28.8 Å². The number of carbonyl (C=O) groups is 1. The van der Waals surface area contributed by atoms with Gasteiger partial charge >= 0.3 is 0 Å². The molecular formula is C17H21ClN4O4S. The van der Waals surface area contributed by atoms with Gasteiger partial charge in [0.1, 0.15) is 0 Å². The molecule has 2 aromatic rings. The van der Waals surface area contributed by atoms with Gasteiger partial charge in [0, 0.05) is 16.9 Å².